The number of carboxylic acid groups (broad SMARTS) is 1. The van der Waals surface area contributed by atoms with Gasteiger partial charge in [-0.05, 0) is 23.8 Å². The topological polar surface area (TPSA) is 61.1 Å². The van der Waals surface area contributed by atoms with Gasteiger partial charge in [-0.3, -0.25) is 0 Å². The highest BCUT2D eigenvalue weighted by molar-refractivity contribution is 9.10. The van der Waals surface area contributed by atoms with Gasteiger partial charge in [-0.25, -0.2) is 4.79 Å². The highest BCUT2D eigenvalue weighted by atomic mass is 79.9. The van der Waals surface area contributed by atoms with Gasteiger partial charge in [0.2, 0.25) is 0 Å². The molecule has 4 heteroatoms. The fraction of sp³-hybridized carbons (Fsp3) is 0.111. The molecule has 0 aliphatic heterocycles. The second kappa shape index (κ2) is 4.06. The molecule has 1 rings (SSSR count). The summed E-state index contributed by atoms with van der Waals surface area (Å²) in [6.07, 6.45) is 0.210. The van der Waals surface area contributed by atoms with Crippen LogP contribution in [0.15, 0.2) is 22.7 Å². The minimum Gasteiger partial charge on any atom is -0.478 e. The molecule has 0 atom stereocenters. The third-order valence-corrected chi connectivity index (χ3v) is 2.34. The average molecular weight is 240 g/mol. The molecule has 13 heavy (non-hydrogen) atoms. The van der Waals surface area contributed by atoms with E-state index in [1.54, 1.807) is 6.07 Å². The van der Waals surface area contributed by atoms with E-state index in [4.69, 9.17) is 10.4 Å². The fourth-order valence-electron chi connectivity index (χ4n) is 0.928. The van der Waals surface area contributed by atoms with Crippen LogP contribution in [0.3, 0.4) is 0 Å². The smallest absolute Gasteiger partial charge is 0.335 e. The van der Waals surface area contributed by atoms with E-state index in [-0.39, 0.29) is 12.0 Å². The van der Waals surface area contributed by atoms with Gasteiger partial charge in [0.05, 0.1) is 18.1 Å². The Hall–Kier alpha value is -1.34. The number of hydrogen-bond donors (Lipinski definition) is 1. The highest BCUT2D eigenvalue weighted by Gasteiger charge is 2.06. The summed E-state index contributed by atoms with van der Waals surface area (Å²) < 4.78 is 0.763. The van der Waals surface area contributed by atoms with Crippen molar-refractivity contribution >= 4 is 21.9 Å². The molecular weight excluding hydrogens is 234 g/mol. The minimum absolute atomic E-state index is 0.202. The molecule has 0 aromatic heterocycles. The molecule has 1 aromatic carbocycles. The van der Waals surface area contributed by atoms with E-state index < -0.39 is 5.97 Å². The lowest BCUT2D eigenvalue weighted by Gasteiger charge is -2.00. The summed E-state index contributed by atoms with van der Waals surface area (Å²) in [6, 6.07) is 6.59. The Labute approximate surface area is 83.7 Å². The van der Waals surface area contributed by atoms with Crippen LogP contribution < -0.4 is 0 Å². The third-order valence-electron chi connectivity index (χ3n) is 1.56. The van der Waals surface area contributed by atoms with Gasteiger partial charge in [0.1, 0.15) is 0 Å². The first kappa shape index (κ1) is 9.75. The van der Waals surface area contributed by atoms with Crippen LogP contribution in [0.2, 0.25) is 0 Å². The Morgan fingerprint density at radius 1 is 1.62 bits per heavy atom. The van der Waals surface area contributed by atoms with E-state index in [0.717, 1.165) is 4.47 Å². The molecule has 0 unspecified atom stereocenters. The second-order valence-electron chi connectivity index (χ2n) is 2.45. The van der Waals surface area contributed by atoms with Crippen LogP contribution in [-0.4, -0.2) is 11.1 Å². The van der Waals surface area contributed by atoms with Crippen molar-refractivity contribution < 1.29 is 9.90 Å². The van der Waals surface area contributed by atoms with Gasteiger partial charge in [-0.15, -0.1) is 0 Å². The van der Waals surface area contributed by atoms with Gasteiger partial charge in [-0.1, -0.05) is 15.9 Å². The predicted molar refractivity (Wildman–Crippen MR) is 50.4 cm³/mol. The number of halogens is 1. The first-order valence-corrected chi connectivity index (χ1v) is 4.33. The summed E-state index contributed by atoms with van der Waals surface area (Å²) in [5, 5.41) is 17.1. The summed E-state index contributed by atoms with van der Waals surface area (Å²) in [5.41, 5.74) is 0.899. The number of aromatic carboxylic acids is 1. The van der Waals surface area contributed by atoms with Crippen molar-refractivity contribution in [1.82, 2.24) is 0 Å². The highest BCUT2D eigenvalue weighted by Crippen LogP contribution is 2.18. The van der Waals surface area contributed by atoms with E-state index >= 15 is 0 Å². The molecule has 0 saturated carbocycles. The standard InChI is InChI=1S/C9H6BrNO2/c10-8-2-1-7(9(12)13)5-6(8)3-4-11/h1-2,5H,3H2,(H,12,13). The normalized spacial score (nSPS) is 9.23. The van der Waals surface area contributed by atoms with E-state index in [2.05, 4.69) is 15.9 Å². The van der Waals surface area contributed by atoms with Gasteiger partial charge in [0, 0.05) is 4.47 Å². The van der Waals surface area contributed by atoms with E-state index in [9.17, 15) is 4.79 Å². The van der Waals surface area contributed by atoms with Crippen molar-refractivity contribution in [2.24, 2.45) is 0 Å². The molecule has 0 amide bonds. The molecule has 0 saturated heterocycles. The molecule has 0 heterocycles. The molecular formula is C9H6BrNO2. The average Bonchev–Trinajstić information content (AvgIpc) is 2.08. The zero-order valence-electron chi connectivity index (χ0n) is 6.62. The number of carboxylic acids is 1. The van der Waals surface area contributed by atoms with Crippen LogP contribution in [0.25, 0.3) is 0 Å². The minimum atomic E-state index is -0.980. The van der Waals surface area contributed by atoms with Crippen molar-refractivity contribution in [2.45, 2.75) is 6.42 Å². The summed E-state index contributed by atoms with van der Waals surface area (Å²) in [4.78, 5) is 10.6. The second-order valence-corrected chi connectivity index (χ2v) is 3.30. The Kier molecular flexibility index (Phi) is 3.04. The molecule has 0 aliphatic rings. The van der Waals surface area contributed by atoms with Crippen LogP contribution in [-0.2, 0) is 6.42 Å². The lowest BCUT2D eigenvalue weighted by molar-refractivity contribution is 0.0697. The van der Waals surface area contributed by atoms with Crippen LogP contribution in [0.5, 0.6) is 0 Å². The van der Waals surface area contributed by atoms with Crippen molar-refractivity contribution in [3.05, 3.63) is 33.8 Å². The van der Waals surface area contributed by atoms with Gasteiger partial charge in [0.25, 0.3) is 0 Å². The molecule has 3 nitrogen and oxygen atoms in total. The van der Waals surface area contributed by atoms with Crippen molar-refractivity contribution in [3.8, 4) is 6.07 Å². The quantitative estimate of drug-likeness (QED) is 0.861. The monoisotopic (exact) mass is 239 g/mol. The van der Waals surface area contributed by atoms with Crippen LogP contribution in [0.4, 0.5) is 0 Å². The SMILES string of the molecule is N#CCc1cc(C(=O)O)ccc1Br. The molecule has 66 valence electrons. The zero-order chi connectivity index (χ0) is 9.84. The van der Waals surface area contributed by atoms with Gasteiger partial charge < -0.3 is 5.11 Å². The van der Waals surface area contributed by atoms with Gasteiger partial charge in [0.15, 0.2) is 0 Å². The number of nitriles is 1. The van der Waals surface area contributed by atoms with Crippen molar-refractivity contribution in [3.63, 3.8) is 0 Å². The summed E-state index contributed by atoms with van der Waals surface area (Å²) in [7, 11) is 0. The Balaban J connectivity index is 3.12. The zero-order valence-corrected chi connectivity index (χ0v) is 8.21. The molecule has 1 aromatic rings. The molecule has 1 N–H and O–H groups in total. The Morgan fingerprint density at radius 2 is 2.31 bits per heavy atom. The molecule has 0 fully saturated rings. The first-order valence-electron chi connectivity index (χ1n) is 3.54. The first-order chi connectivity index (χ1) is 6.15. The maximum Gasteiger partial charge on any atom is 0.335 e. The van der Waals surface area contributed by atoms with Crippen molar-refractivity contribution in [2.75, 3.05) is 0 Å². The van der Waals surface area contributed by atoms with E-state index in [0.29, 0.717) is 5.56 Å². The van der Waals surface area contributed by atoms with Crippen LogP contribution in [0, 0.1) is 11.3 Å². The number of hydrogen-bond acceptors (Lipinski definition) is 2. The number of benzene rings is 1. The molecule has 0 aliphatic carbocycles. The maximum atomic E-state index is 10.6. The van der Waals surface area contributed by atoms with Gasteiger partial charge in [-0.2, -0.15) is 5.26 Å². The van der Waals surface area contributed by atoms with Crippen LogP contribution in [0.1, 0.15) is 15.9 Å². The largest absolute Gasteiger partial charge is 0.478 e. The number of rotatable bonds is 2. The summed E-state index contributed by atoms with van der Waals surface area (Å²) in [6.45, 7) is 0. The molecule has 0 spiro atoms. The molecule has 0 radical (unpaired) electrons. The Bertz CT molecular complexity index is 382. The lowest BCUT2D eigenvalue weighted by Crippen LogP contribution is -1.97. The van der Waals surface area contributed by atoms with E-state index in [1.165, 1.54) is 12.1 Å². The number of carbonyl (C=O) groups is 1. The maximum absolute atomic E-state index is 10.6. The van der Waals surface area contributed by atoms with Crippen LogP contribution >= 0.6 is 15.9 Å². The summed E-state index contributed by atoms with van der Waals surface area (Å²) in [5.74, 6) is -0.980. The lowest BCUT2D eigenvalue weighted by atomic mass is 10.1. The van der Waals surface area contributed by atoms with Crippen molar-refractivity contribution in [1.29, 1.82) is 5.26 Å². The third kappa shape index (κ3) is 2.30. The predicted octanol–water partition coefficient (Wildman–Crippen LogP) is 2.21. The fourth-order valence-corrected chi connectivity index (χ4v) is 1.32. The van der Waals surface area contributed by atoms with Gasteiger partial charge >= 0.3 is 5.97 Å². The Morgan fingerprint density at radius 3 is 2.85 bits per heavy atom. The number of nitrogens with zero attached hydrogens (tertiary/aromatic N) is 1. The summed E-state index contributed by atoms with van der Waals surface area (Å²) >= 11 is 3.24. The molecule has 0 bridgehead atoms. The van der Waals surface area contributed by atoms with E-state index in [1.807, 2.05) is 6.07 Å².